The summed E-state index contributed by atoms with van der Waals surface area (Å²) in [6, 6.07) is 5.55. The predicted molar refractivity (Wildman–Crippen MR) is 108 cm³/mol. The highest BCUT2D eigenvalue weighted by Crippen LogP contribution is 2.29. The van der Waals surface area contributed by atoms with Gasteiger partial charge in [0.2, 0.25) is 5.91 Å². The number of nitrogens with zero attached hydrogens (tertiary/aromatic N) is 2. The van der Waals surface area contributed by atoms with Crippen LogP contribution in [0.2, 0.25) is 0 Å². The van der Waals surface area contributed by atoms with Crippen molar-refractivity contribution in [2.75, 3.05) is 45.7 Å². The van der Waals surface area contributed by atoms with Gasteiger partial charge in [-0.15, -0.1) is 0 Å². The summed E-state index contributed by atoms with van der Waals surface area (Å²) in [6.07, 6.45) is 1.87. The van der Waals surface area contributed by atoms with Gasteiger partial charge in [0.1, 0.15) is 11.5 Å². The van der Waals surface area contributed by atoms with E-state index in [0.29, 0.717) is 17.4 Å². The van der Waals surface area contributed by atoms with Crippen molar-refractivity contribution in [2.24, 2.45) is 5.92 Å². The lowest BCUT2D eigenvalue weighted by Crippen LogP contribution is -2.47. The van der Waals surface area contributed by atoms with Crippen LogP contribution in [0.25, 0.3) is 0 Å². The summed E-state index contributed by atoms with van der Waals surface area (Å²) in [6.45, 7) is 7.04. The highest BCUT2D eigenvalue weighted by atomic mass is 32.1. The number of carbonyl (C=O) groups excluding carboxylic acids is 1. The van der Waals surface area contributed by atoms with Gasteiger partial charge in [0.05, 0.1) is 25.8 Å². The summed E-state index contributed by atoms with van der Waals surface area (Å²) in [5.74, 6) is 1.62. The van der Waals surface area contributed by atoms with E-state index in [0.717, 1.165) is 43.9 Å². The largest absolute Gasteiger partial charge is 0.497 e. The van der Waals surface area contributed by atoms with Crippen molar-refractivity contribution in [3.8, 4) is 11.5 Å². The fraction of sp³-hybridized carbons (Fsp3) is 0.579. The van der Waals surface area contributed by atoms with Crippen molar-refractivity contribution in [1.29, 1.82) is 0 Å². The Hall–Kier alpha value is -2.02. The molecule has 0 aliphatic carbocycles. The van der Waals surface area contributed by atoms with Crippen LogP contribution in [0.5, 0.6) is 11.5 Å². The average Bonchev–Trinajstić information content (AvgIpc) is 2.69. The van der Waals surface area contributed by atoms with Gasteiger partial charge in [-0.1, -0.05) is 0 Å². The molecule has 1 heterocycles. The van der Waals surface area contributed by atoms with E-state index in [4.69, 9.17) is 21.7 Å². The molecular formula is C19H29N3O3S. The molecule has 1 aliphatic heterocycles. The number of benzene rings is 1. The van der Waals surface area contributed by atoms with Gasteiger partial charge in [0.25, 0.3) is 0 Å². The second-order valence-corrected chi connectivity index (χ2v) is 6.68. The number of thiocarbonyl (C=S) groups is 1. The summed E-state index contributed by atoms with van der Waals surface area (Å²) in [7, 11) is 3.23. The first kappa shape index (κ1) is 20.3. The number of rotatable bonds is 6. The van der Waals surface area contributed by atoms with Gasteiger partial charge in [-0.05, 0) is 51.0 Å². The van der Waals surface area contributed by atoms with Crippen molar-refractivity contribution >= 4 is 28.9 Å². The summed E-state index contributed by atoms with van der Waals surface area (Å²) in [5, 5.41) is 3.87. The normalized spacial score (nSPS) is 16.8. The monoisotopic (exact) mass is 379 g/mol. The molecule has 26 heavy (non-hydrogen) atoms. The number of likely N-dealkylation sites (tertiary alicyclic amines) is 1. The molecule has 1 atom stereocenters. The molecule has 1 N–H and O–H groups in total. The number of nitrogens with one attached hydrogen (secondary N) is 1. The predicted octanol–water partition coefficient (Wildman–Crippen LogP) is 2.98. The maximum Gasteiger partial charge on any atom is 0.227 e. The Morgan fingerprint density at radius 3 is 2.65 bits per heavy atom. The van der Waals surface area contributed by atoms with Crippen molar-refractivity contribution in [3.05, 3.63) is 18.2 Å². The van der Waals surface area contributed by atoms with Gasteiger partial charge >= 0.3 is 0 Å². The SMILES string of the molecule is CCN(CC)C(=O)C1CCCN(C(=S)Nc2ccc(OC)cc2OC)C1. The smallest absolute Gasteiger partial charge is 0.227 e. The van der Waals surface area contributed by atoms with Crippen LogP contribution in [0.4, 0.5) is 5.69 Å². The van der Waals surface area contributed by atoms with E-state index < -0.39 is 0 Å². The van der Waals surface area contributed by atoms with Gasteiger partial charge in [0, 0.05) is 32.2 Å². The molecule has 0 spiro atoms. The first-order chi connectivity index (χ1) is 12.5. The van der Waals surface area contributed by atoms with Crippen LogP contribution in [-0.2, 0) is 4.79 Å². The third-order valence-electron chi connectivity index (χ3n) is 4.78. The van der Waals surface area contributed by atoms with Gasteiger partial charge in [-0.2, -0.15) is 0 Å². The summed E-state index contributed by atoms with van der Waals surface area (Å²) in [4.78, 5) is 16.6. The minimum atomic E-state index is 0.00108. The zero-order valence-corrected chi connectivity index (χ0v) is 16.9. The van der Waals surface area contributed by atoms with Gasteiger partial charge in [-0.25, -0.2) is 0 Å². The molecule has 0 aromatic heterocycles. The first-order valence-electron chi connectivity index (χ1n) is 9.10. The van der Waals surface area contributed by atoms with Crippen LogP contribution in [-0.4, -0.2) is 61.2 Å². The molecule has 1 unspecified atom stereocenters. The molecule has 144 valence electrons. The topological polar surface area (TPSA) is 54.0 Å². The zero-order valence-electron chi connectivity index (χ0n) is 16.1. The molecule has 1 aromatic rings. The maximum absolute atomic E-state index is 12.7. The van der Waals surface area contributed by atoms with E-state index in [-0.39, 0.29) is 11.8 Å². The summed E-state index contributed by atoms with van der Waals surface area (Å²) >= 11 is 5.59. The second kappa shape index (κ2) is 9.62. The second-order valence-electron chi connectivity index (χ2n) is 6.29. The third-order valence-corrected chi connectivity index (χ3v) is 5.14. The fourth-order valence-corrected chi connectivity index (χ4v) is 3.53. The van der Waals surface area contributed by atoms with Crippen molar-refractivity contribution in [3.63, 3.8) is 0 Å². The van der Waals surface area contributed by atoms with E-state index in [1.807, 2.05) is 36.9 Å². The first-order valence-corrected chi connectivity index (χ1v) is 9.51. The molecule has 6 nitrogen and oxygen atoms in total. The van der Waals surface area contributed by atoms with Gasteiger partial charge in [-0.3, -0.25) is 4.79 Å². The number of piperidine rings is 1. The van der Waals surface area contributed by atoms with E-state index >= 15 is 0 Å². The van der Waals surface area contributed by atoms with Crippen LogP contribution in [0.1, 0.15) is 26.7 Å². The molecule has 0 bridgehead atoms. The third kappa shape index (κ3) is 4.78. The van der Waals surface area contributed by atoms with Crippen molar-refractivity contribution < 1.29 is 14.3 Å². The Balaban J connectivity index is 2.04. The Morgan fingerprint density at radius 2 is 2.04 bits per heavy atom. The molecule has 1 saturated heterocycles. The lowest BCUT2D eigenvalue weighted by Gasteiger charge is -2.36. The van der Waals surface area contributed by atoms with Gasteiger partial charge in [0.15, 0.2) is 5.11 Å². The number of carbonyl (C=O) groups is 1. The fourth-order valence-electron chi connectivity index (χ4n) is 3.25. The molecule has 1 aliphatic rings. The highest BCUT2D eigenvalue weighted by molar-refractivity contribution is 7.80. The number of hydrogen-bond acceptors (Lipinski definition) is 4. The maximum atomic E-state index is 12.7. The lowest BCUT2D eigenvalue weighted by atomic mass is 9.96. The zero-order chi connectivity index (χ0) is 19.1. The van der Waals surface area contributed by atoms with Crippen LogP contribution in [0, 0.1) is 5.92 Å². The quantitative estimate of drug-likeness (QED) is 0.767. The van der Waals surface area contributed by atoms with E-state index in [1.54, 1.807) is 14.2 Å². The van der Waals surface area contributed by atoms with E-state index in [9.17, 15) is 4.79 Å². The van der Waals surface area contributed by atoms with Gasteiger partial charge < -0.3 is 24.6 Å². The number of methoxy groups -OCH3 is 2. The molecule has 2 rings (SSSR count). The van der Waals surface area contributed by atoms with Crippen LogP contribution in [0.3, 0.4) is 0 Å². The van der Waals surface area contributed by atoms with E-state index in [2.05, 4.69) is 10.2 Å². The standard InChI is InChI=1S/C19H29N3O3S/c1-5-21(6-2)18(23)14-8-7-11-22(13-14)19(26)20-16-10-9-15(24-3)12-17(16)25-4/h9-10,12,14H,5-8,11,13H2,1-4H3,(H,20,26). The molecule has 0 radical (unpaired) electrons. The molecule has 1 aromatic carbocycles. The molecule has 1 amide bonds. The Kier molecular flexibility index (Phi) is 7.50. The van der Waals surface area contributed by atoms with Crippen molar-refractivity contribution in [2.45, 2.75) is 26.7 Å². The summed E-state index contributed by atoms with van der Waals surface area (Å²) < 4.78 is 10.6. The molecular weight excluding hydrogens is 350 g/mol. The Bertz CT molecular complexity index is 634. The van der Waals surface area contributed by atoms with Crippen LogP contribution >= 0.6 is 12.2 Å². The lowest BCUT2D eigenvalue weighted by molar-refractivity contribution is -0.136. The minimum Gasteiger partial charge on any atom is -0.497 e. The molecule has 7 heteroatoms. The van der Waals surface area contributed by atoms with Crippen molar-refractivity contribution in [1.82, 2.24) is 9.80 Å². The highest BCUT2D eigenvalue weighted by Gasteiger charge is 2.29. The number of amides is 1. The Labute approximate surface area is 161 Å². The Morgan fingerprint density at radius 1 is 1.31 bits per heavy atom. The minimum absolute atomic E-state index is 0.00108. The summed E-state index contributed by atoms with van der Waals surface area (Å²) in [5.41, 5.74) is 0.787. The van der Waals surface area contributed by atoms with Crippen LogP contribution in [0.15, 0.2) is 18.2 Å². The molecule has 0 saturated carbocycles. The van der Waals surface area contributed by atoms with Crippen LogP contribution < -0.4 is 14.8 Å². The number of hydrogen-bond donors (Lipinski definition) is 1. The van der Waals surface area contributed by atoms with E-state index in [1.165, 1.54) is 0 Å². The average molecular weight is 380 g/mol. The molecule has 1 fully saturated rings. The number of anilines is 1. The number of ether oxygens (including phenoxy) is 2.